The van der Waals surface area contributed by atoms with Gasteiger partial charge < -0.3 is 10.6 Å². The van der Waals surface area contributed by atoms with E-state index in [0.29, 0.717) is 30.0 Å². The van der Waals surface area contributed by atoms with Crippen LogP contribution in [0.4, 0.5) is 10.5 Å². The van der Waals surface area contributed by atoms with E-state index in [1.54, 1.807) is 12.3 Å². The highest BCUT2D eigenvalue weighted by molar-refractivity contribution is 6.11. The second-order valence-corrected chi connectivity index (χ2v) is 7.44. The number of aromatic nitrogens is 2. The Morgan fingerprint density at radius 1 is 1.33 bits per heavy atom. The highest BCUT2D eigenvalue weighted by atomic mass is 16.2. The third-order valence-electron chi connectivity index (χ3n) is 5.83. The standard InChI is InChI=1S/C19H23N5O3/c1-2-12-6-8-19(9-7-12)17(26)24(18(27)22-19)11-15(25)21-14-5-3-4-13-10-20-23-16(13)14/h3-5,10,12H,2,6-9,11H2,1H3,(H,20,23)(H,21,25)(H,22,27). The molecule has 3 N–H and O–H groups in total. The number of hydrogen-bond donors (Lipinski definition) is 3. The van der Waals surface area contributed by atoms with Gasteiger partial charge in [-0.1, -0.05) is 25.5 Å². The number of benzene rings is 1. The first-order valence-corrected chi connectivity index (χ1v) is 9.38. The van der Waals surface area contributed by atoms with Crippen LogP contribution in [0.2, 0.25) is 0 Å². The normalized spacial score (nSPS) is 25.2. The number of nitrogens with zero attached hydrogens (tertiary/aromatic N) is 2. The predicted molar refractivity (Wildman–Crippen MR) is 99.9 cm³/mol. The number of anilines is 1. The number of carbonyl (C=O) groups is 3. The molecule has 1 aliphatic heterocycles. The Balaban J connectivity index is 1.45. The molecule has 1 saturated carbocycles. The molecule has 1 saturated heterocycles. The average molecular weight is 369 g/mol. The summed E-state index contributed by atoms with van der Waals surface area (Å²) < 4.78 is 0. The number of amides is 4. The van der Waals surface area contributed by atoms with Crippen molar-refractivity contribution in [2.45, 2.75) is 44.6 Å². The molecular formula is C19H23N5O3. The Labute approximate surface area is 156 Å². The maximum absolute atomic E-state index is 12.9. The van der Waals surface area contributed by atoms with E-state index in [-0.39, 0.29) is 12.5 Å². The molecule has 0 radical (unpaired) electrons. The van der Waals surface area contributed by atoms with Gasteiger partial charge >= 0.3 is 6.03 Å². The van der Waals surface area contributed by atoms with Crippen LogP contribution in [0.3, 0.4) is 0 Å². The van der Waals surface area contributed by atoms with Gasteiger partial charge in [0.25, 0.3) is 5.91 Å². The van der Waals surface area contributed by atoms with Gasteiger partial charge in [0.05, 0.1) is 17.4 Å². The molecule has 27 heavy (non-hydrogen) atoms. The molecule has 2 aromatic rings. The summed E-state index contributed by atoms with van der Waals surface area (Å²) in [7, 11) is 0. The third kappa shape index (κ3) is 3.05. The lowest BCUT2D eigenvalue weighted by molar-refractivity contribution is -0.135. The van der Waals surface area contributed by atoms with E-state index in [4.69, 9.17) is 0 Å². The highest BCUT2D eigenvalue weighted by Crippen LogP contribution is 2.37. The second-order valence-electron chi connectivity index (χ2n) is 7.44. The molecule has 2 fully saturated rings. The Bertz CT molecular complexity index is 898. The SMILES string of the molecule is CCC1CCC2(CC1)NC(=O)N(CC(=O)Nc1cccc3cn[nH]c13)C2=O. The fourth-order valence-corrected chi connectivity index (χ4v) is 4.14. The minimum atomic E-state index is -0.827. The van der Waals surface area contributed by atoms with E-state index >= 15 is 0 Å². The van der Waals surface area contributed by atoms with Gasteiger partial charge in [-0.15, -0.1) is 0 Å². The first-order valence-electron chi connectivity index (χ1n) is 9.38. The Kier molecular flexibility index (Phi) is 4.33. The number of rotatable bonds is 4. The monoisotopic (exact) mass is 369 g/mol. The van der Waals surface area contributed by atoms with E-state index in [2.05, 4.69) is 27.8 Å². The Morgan fingerprint density at radius 2 is 2.11 bits per heavy atom. The van der Waals surface area contributed by atoms with E-state index in [1.165, 1.54) is 0 Å². The quantitative estimate of drug-likeness (QED) is 0.719. The van der Waals surface area contributed by atoms with E-state index in [1.807, 2.05) is 12.1 Å². The first-order chi connectivity index (χ1) is 13.0. The summed E-state index contributed by atoms with van der Waals surface area (Å²) in [5.74, 6) is -0.0931. The van der Waals surface area contributed by atoms with Crippen LogP contribution in [0, 0.1) is 5.92 Å². The van der Waals surface area contributed by atoms with E-state index in [9.17, 15) is 14.4 Å². The molecule has 0 unspecified atom stereocenters. The summed E-state index contributed by atoms with van der Waals surface area (Å²) in [4.78, 5) is 38.8. The lowest BCUT2D eigenvalue weighted by Crippen LogP contribution is -2.49. The number of aromatic amines is 1. The molecule has 4 rings (SSSR count). The third-order valence-corrected chi connectivity index (χ3v) is 5.83. The van der Waals surface area contributed by atoms with Crippen LogP contribution < -0.4 is 10.6 Å². The molecule has 8 heteroatoms. The number of H-pyrrole nitrogens is 1. The van der Waals surface area contributed by atoms with Crippen molar-refractivity contribution < 1.29 is 14.4 Å². The van der Waals surface area contributed by atoms with Crippen molar-refractivity contribution in [3.05, 3.63) is 24.4 Å². The van der Waals surface area contributed by atoms with Gasteiger partial charge in [-0.2, -0.15) is 5.10 Å². The number of imide groups is 1. The number of urea groups is 1. The number of fused-ring (bicyclic) bond motifs is 1. The van der Waals surface area contributed by atoms with Crippen molar-refractivity contribution in [2.75, 3.05) is 11.9 Å². The summed E-state index contributed by atoms with van der Waals surface area (Å²) >= 11 is 0. The van der Waals surface area contributed by atoms with Crippen molar-refractivity contribution >= 4 is 34.4 Å². The molecule has 2 heterocycles. The predicted octanol–water partition coefficient (Wildman–Crippen LogP) is 2.39. The molecule has 142 valence electrons. The summed E-state index contributed by atoms with van der Waals surface area (Å²) in [5, 5.41) is 13.3. The number of carbonyl (C=O) groups excluding carboxylic acids is 3. The average Bonchev–Trinajstić information content (AvgIpc) is 3.23. The second kappa shape index (κ2) is 6.68. The summed E-state index contributed by atoms with van der Waals surface area (Å²) in [6.07, 6.45) is 5.88. The molecule has 0 bridgehead atoms. The fourth-order valence-electron chi connectivity index (χ4n) is 4.14. The van der Waals surface area contributed by atoms with Crippen molar-refractivity contribution in [3.8, 4) is 0 Å². The van der Waals surface area contributed by atoms with Crippen molar-refractivity contribution in [1.29, 1.82) is 0 Å². The zero-order valence-electron chi connectivity index (χ0n) is 15.2. The van der Waals surface area contributed by atoms with Gasteiger partial charge in [0.15, 0.2) is 0 Å². The van der Waals surface area contributed by atoms with Crippen LogP contribution in [0.1, 0.15) is 39.0 Å². The first kappa shape index (κ1) is 17.5. The van der Waals surface area contributed by atoms with Gasteiger partial charge in [0.1, 0.15) is 12.1 Å². The maximum Gasteiger partial charge on any atom is 0.325 e. The van der Waals surface area contributed by atoms with Crippen LogP contribution in [0.5, 0.6) is 0 Å². The summed E-state index contributed by atoms with van der Waals surface area (Å²) in [5.41, 5.74) is 0.449. The molecule has 2 aliphatic rings. The molecule has 1 spiro atoms. The van der Waals surface area contributed by atoms with Gasteiger partial charge in [0.2, 0.25) is 5.91 Å². The zero-order valence-corrected chi connectivity index (χ0v) is 15.2. The van der Waals surface area contributed by atoms with Crippen LogP contribution in [-0.4, -0.2) is 45.0 Å². The topological polar surface area (TPSA) is 107 Å². The van der Waals surface area contributed by atoms with E-state index < -0.39 is 17.5 Å². The van der Waals surface area contributed by atoms with Crippen molar-refractivity contribution in [3.63, 3.8) is 0 Å². The zero-order chi connectivity index (χ0) is 19.0. The van der Waals surface area contributed by atoms with Crippen molar-refractivity contribution in [2.24, 2.45) is 5.92 Å². The Hall–Kier alpha value is -2.90. The largest absolute Gasteiger partial charge is 0.325 e. The van der Waals surface area contributed by atoms with Gasteiger partial charge in [0, 0.05) is 5.39 Å². The van der Waals surface area contributed by atoms with E-state index in [0.717, 1.165) is 29.5 Å². The Morgan fingerprint density at radius 3 is 2.85 bits per heavy atom. The van der Waals surface area contributed by atoms with Crippen LogP contribution in [0.15, 0.2) is 24.4 Å². The van der Waals surface area contributed by atoms with Crippen LogP contribution in [-0.2, 0) is 9.59 Å². The smallest absolute Gasteiger partial charge is 0.323 e. The lowest BCUT2D eigenvalue weighted by Gasteiger charge is -2.34. The number of hydrogen-bond acceptors (Lipinski definition) is 4. The molecule has 0 atom stereocenters. The van der Waals surface area contributed by atoms with Gasteiger partial charge in [-0.3, -0.25) is 19.6 Å². The van der Waals surface area contributed by atoms with Crippen LogP contribution in [0.25, 0.3) is 10.9 Å². The summed E-state index contributed by atoms with van der Waals surface area (Å²) in [6, 6.07) is 4.95. The molecule has 4 amide bonds. The fraction of sp³-hybridized carbons (Fsp3) is 0.474. The molecule has 8 nitrogen and oxygen atoms in total. The molecule has 1 aliphatic carbocycles. The maximum atomic E-state index is 12.9. The minimum Gasteiger partial charge on any atom is -0.323 e. The lowest BCUT2D eigenvalue weighted by atomic mass is 9.75. The van der Waals surface area contributed by atoms with Gasteiger partial charge in [-0.05, 0) is 37.7 Å². The molecular weight excluding hydrogens is 346 g/mol. The summed E-state index contributed by atoms with van der Waals surface area (Å²) in [6.45, 7) is 1.85. The van der Waals surface area contributed by atoms with Crippen molar-refractivity contribution in [1.82, 2.24) is 20.4 Å². The van der Waals surface area contributed by atoms with Gasteiger partial charge in [-0.25, -0.2) is 4.79 Å². The minimum absolute atomic E-state index is 0.281. The number of nitrogens with one attached hydrogen (secondary N) is 3. The molecule has 1 aromatic heterocycles. The number of para-hydroxylation sites is 1. The highest BCUT2D eigenvalue weighted by Gasteiger charge is 2.52. The van der Waals surface area contributed by atoms with Crippen LogP contribution >= 0.6 is 0 Å². The molecule has 1 aromatic carbocycles.